The summed E-state index contributed by atoms with van der Waals surface area (Å²) in [6.45, 7) is 0. The first-order valence-corrected chi connectivity index (χ1v) is 5.83. The molecule has 70 valence electrons. The molecule has 3 nitrogen and oxygen atoms in total. The van der Waals surface area contributed by atoms with Crippen LogP contribution in [0.25, 0.3) is 0 Å². The molecule has 1 aromatic rings. The molecule has 0 heterocycles. The minimum atomic E-state index is -2.36. The fourth-order valence-corrected chi connectivity index (χ4v) is 1.67. The Bertz CT molecular complexity index is 389. The lowest BCUT2D eigenvalue weighted by Gasteiger charge is -1.96. The van der Waals surface area contributed by atoms with Gasteiger partial charge in [0.2, 0.25) is 0 Å². The van der Waals surface area contributed by atoms with Crippen molar-refractivity contribution in [2.24, 2.45) is 4.36 Å². The third-order valence-corrected chi connectivity index (χ3v) is 2.26. The van der Waals surface area contributed by atoms with E-state index in [1.807, 2.05) is 12.1 Å². The molecule has 5 heteroatoms. The summed E-state index contributed by atoms with van der Waals surface area (Å²) in [5.41, 5.74) is 1.62. The van der Waals surface area contributed by atoms with Gasteiger partial charge in [0.1, 0.15) is 0 Å². The van der Waals surface area contributed by atoms with E-state index in [1.54, 1.807) is 12.1 Å². The lowest BCUT2D eigenvalue weighted by atomic mass is 10.2. The molecule has 0 aliphatic carbocycles. The summed E-state index contributed by atoms with van der Waals surface area (Å²) in [7, 11) is -2.36. The van der Waals surface area contributed by atoms with Crippen LogP contribution >= 0.6 is 15.9 Å². The summed E-state index contributed by atoms with van der Waals surface area (Å²) >= 11 is 3.32. The highest BCUT2D eigenvalue weighted by Crippen LogP contribution is 2.13. The van der Waals surface area contributed by atoms with Crippen LogP contribution in [0.5, 0.6) is 0 Å². The van der Waals surface area contributed by atoms with Crippen molar-refractivity contribution in [2.45, 2.75) is 6.42 Å². The average Bonchev–Trinajstić information content (AvgIpc) is 2.08. The van der Waals surface area contributed by atoms with Gasteiger partial charge in [-0.1, -0.05) is 28.1 Å². The van der Waals surface area contributed by atoms with Gasteiger partial charge in [0.25, 0.3) is 0 Å². The van der Waals surface area contributed by atoms with E-state index >= 15 is 0 Å². The van der Waals surface area contributed by atoms with Gasteiger partial charge in [-0.15, -0.1) is 4.36 Å². The fourth-order valence-electron chi connectivity index (χ4n) is 0.919. The van der Waals surface area contributed by atoms with Gasteiger partial charge in [-0.05, 0) is 24.1 Å². The first-order valence-electron chi connectivity index (χ1n) is 3.68. The molecule has 1 rings (SSSR count). The van der Waals surface area contributed by atoms with Crippen LogP contribution in [0.2, 0.25) is 0 Å². The summed E-state index contributed by atoms with van der Waals surface area (Å²) in [4.78, 5) is 0. The van der Waals surface area contributed by atoms with Crippen molar-refractivity contribution in [1.29, 1.82) is 0 Å². The molecular weight excluding hydrogens is 254 g/mol. The fraction of sp³-hybridized carbons (Fsp3) is 0.250. The second kappa shape index (κ2) is 5.14. The van der Waals surface area contributed by atoms with Crippen molar-refractivity contribution in [3.05, 3.63) is 29.8 Å². The summed E-state index contributed by atoms with van der Waals surface area (Å²) in [6.07, 6.45) is 0.931. The third kappa shape index (κ3) is 3.69. The Balaban J connectivity index is 2.87. The third-order valence-electron chi connectivity index (χ3n) is 1.50. The SMILES string of the molecule is O=S(=O)=Nc1ccc(CCBr)cc1. The molecule has 0 radical (unpaired) electrons. The van der Waals surface area contributed by atoms with Crippen molar-refractivity contribution >= 4 is 32.1 Å². The molecule has 0 atom stereocenters. The minimum Gasteiger partial charge on any atom is -0.163 e. The van der Waals surface area contributed by atoms with Crippen LogP contribution in [0, 0.1) is 0 Å². The zero-order chi connectivity index (χ0) is 9.68. The van der Waals surface area contributed by atoms with Crippen molar-refractivity contribution in [3.8, 4) is 0 Å². The van der Waals surface area contributed by atoms with Crippen LogP contribution in [0.1, 0.15) is 5.56 Å². The molecule has 0 N–H and O–H groups in total. The Morgan fingerprint density at radius 1 is 1.23 bits per heavy atom. The summed E-state index contributed by atoms with van der Waals surface area (Å²) in [5, 5.41) is 0.900. The second-order valence-electron chi connectivity index (χ2n) is 2.41. The number of aryl methyl sites for hydroxylation is 1. The number of benzene rings is 1. The highest BCUT2D eigenvalue weighted by molar-refractivity contribution is 9.09. The number of alkyl halides is 1. The summed E-state index contributed by atoms with van der Waals surface area (Å²) in [6, 6.07) is 7.11. The summed E-state index contributed by atoms with van der Waals surface area (Å²) < 4.78 is 23.8. The molecule has 13 heavy (non-hydrogen) atoms. The lowest BCUT2D eigenvalue weighted by molar-refractivity contribution is 0.622. The predicted octanol–water partition coefficient (Wildman–Crippen LogP) is 2.32. The largest absolute Gasteiger partial charge is 0.316 e. The van der Waals surface area contributed by atoms with E-state index < -0.39 is 10.5 Å². The first kappa shape index (κ1) is 10.4. The predicted molar refractivity (Wildman–Crippen MR) is 54.9 cm³/mol. The van der Waals surface area contributed by atoms with Gasteiger partial charge in [0.05, 0.1) is 5.69 Å². The quantitative estimate of drug-likeness (QED) is 0.785. The van der Waals surface area contributed by atoms with Gasteiger partial charge in [-0.3, -0.25) is 0 Å². The topological polar surface area (TPSA) is 46.5 Å². The molecule has 0 aliphatic heterocycles. The Morgan fingerprint density at radius 2 is 1.85 bits per heavy atom. The molecular formula is C8H8BrNO2S. The van der Waals surface area contributed by atoms with Gasteiger partial charge < -0.3 is 0 Å². The average molecular weight is 262 g/mol. The maximum absolute atomic E-state index is 10.2. The number of hydrogen-bond acceptors (Lipinski definition) is 3. The van der Waals surface area contributed by atoms with Crippen molar-refractivity contribution in [3.63, 3.8) is 0 Å². The zero-order valence-electron chi connectivity index (χ0n) is 6.77. The highest BCUT2D eigenvalue weighted by Gasteiger charge is 1.92. The second-order valence-corrected chi connectivity index (χ2v) is 3.82. The normalized spacial score (nSPS) is 9.62. The smallest absolute Gasteiger partial charge is 0.163 e. The van der Waals surface area contributed by atoms with Gasteiger partial charge >= 0.3 is 10.5 Å². The van der Waals surface area contributed by atoms with E-state index in [-0.39, 0.29) is 0 Å². The molecule has 1 aromatic carbocycles. The molecule has 0 saturated carbocycles. The van der Waals surface area contributed by atoms with Crippen LogP contribution in [-0.4, -0.2) is 13.7 Å². The lowest BCUT2D eigenvalue weighted by Crippen LogP contribution is -1.83. The number of rotatable bonds is 3. The van der Waals surface area contributed by atoms with E-state index in [0.29, 0.717) is 5.69 Å². The molecule has 0 spiro atoms. The van der Waals surface area contributed by atoms with Crippen LogP contribution in [0.4, 0.5) is 5.69 Å². The van der Waals surface area contributed by atoms with Gasteiger partial charge in [-0.25, -0.2) is 0 Å². The maximum atomic E-state index is 10.2. The number of hydrogen-bond donors (Lipinski definition) is 0. The number of nitrogens with zero attached hydrogens (tertiary/aromatic N) is 1. The van der Waals surface area contributed by atoms with Gasteiger partial charge in [0.15, 0.2) is 0 Å². The molecule has 0 unspecified atom stereocenters. The maximum Gasteiger partial charge on any atom is 0.316 e. The molecule has 0 aliphatic rings. The van der Waals surface area contributed by atoms with Crippen LogP contribution < -0.4 is 0 Å². The van der Waals surface area contributed by atoms with E-state index in [2.05, 4.69) is 20.3 Å². The summed E-state index contributed by atoms with van der Waals surface area (Å²) in [5.74, 6) is 0. The van der Waals surface area contributed by atoms with E-state index in [9.17, 15) is 8.42 Å². The van der Waals surface area contributed by atoms with Crippen LogP contribution in [0.3, 0.4) is 0 Å². The highest BCUT2D eigenvalue weighted by atomic mass is 79.9. The molecule has 0 aromatic heterocycles. The van der Waals surface area contributed by atoms with Crippen molar-refractivity contribution in [1.82, 2.24) is 0 Å². The molecule has 0 bridgehead atoms. The molecule has 0 fully saturated rings. The molecule has 0 saturated heterocycles. The van der Waals surface area contributed by atoms with Crippen molar-refractivity contribution < 1.29 is 8.42 Å². The van der Waals surface area contributed by atoms with Crippen molar-refractivity contribution in [2.75, 3.05) is 5.33 Å². The zero-order valence-corrected chi connectivity index (χ0v) is 9.18. The minimum absolute atomic E-state index is 0.464. The van der Waals surface area contributed by atoms with E-state index in [1.165, 1.54) is 0 Å². The Kier molecular flexibility index (Phi) is 4.11. The van der Waals surface area contributed by atoms with E-state index in [0.717, 1.165) is 17.3 Å². The van der Waals surface area contributed by atoms with E-state index in [4.69, 9.17) is 0 Å². The van der Waals surface area contributed by atoms with Crippen LogP contribution in [-0.2, 0) is 16.9 Å². The monoisotopic (exact) mass is 261 g/mol. The first-order chi connectivity index (χ1) is 6.22. The van der Waals surface area contributed by atoms with Crippen LogP contribution in [0.15, 0.2) is 28.6 Å². The van der Waals surface area contributed by atoms with Gasteiger partial charge in [0, 0.05) is 5.33 Å². The number of halogens is 1. The van der Waals surface area contributed by atoms with Gasteiger partial charge in [-0.2, -0.15) is 8.42 Å². The standard InChI is InChI=1S/C8H8BrNO2S/c9-6-5-7-1-3-8(4-2-7)10-13(11)12/h1-4H,5-6H2. The Morgan fingerprint density at radius 3 is 2.31 bits per heavy atom. The Labute approximate surface area is 86.6 Å². The molecule has 0 amide bonds. The Hall–Kier alpha value is -0.680.